The molecule has 2 amide bonds. The summed E-state index contributed by atoms with van der Waals surface area (Å²) >= 11 is 0. The van der Waals surface area contributed by atoms with Crippen molar-refractivity contribution in [1.82, 2.24) is 10.2 Å². The first kappa shape index (κ1) is 27.9. The summed E-state index contributed by atoms with van der Waals surface area (Å²) < 4.78 is 28.6. The molecule has 196 valence electrons. The monoisotopic (exact) mass is 521 g/mol. The Bertz CT molecular complexity index is 1310. The van der Waals surface area contributed by atoms with Crippen LogP contribution in [-0.2, 0) is 26.2 Å². The molecule has 0 aromatic heterocycles. The molecule has 0 unspecified atom stereocenters. The molecule has 0 spiro atoms. The number of benzene rings is 3. The molecule has 1 atom stereocenters. The molecule has 3 aromatic carbocycles. The topological polar surface area (TPSA) is 86.8 Å². The van der Waals surface area contributed by atoms with Gasteiger partial charge in [-0.1, -0.05) is 72.6 Å². The quantitative estimate of drug-likeness (QED) is 0.404. The third kappa shape index (κ3) is 6.98. The van der Waals surface area contributed by atoms with Gasteiger partial charge in [0.1, 0.15) is 12.6 Å². The van der Waals surface area contributed by atoms with E-state index < -0.39 is 28.5 Å². The van der Waals surface area contributed by atoms with Crippen molar-refractivity contribution in [3.05, 3.63) is 95.6 Å². The van der Waals surface area contributed by atoms with Crippen LogP contribution in [0, 0.1) is 13.8 Å². The number of rotatable bonds is 11. The first-order chi connectivity index (χ1) is 17.7. The molecule has 0 saturated heterocycles. The molecule has 3 rings (SSSR count). The Hall–Kier alpha value is -3.65. The van der Waals surface area contributed by atoms with Crippen LogP contribution in [-0.4, -0.2) is 44.3 Å². The molecule has 7 nitrogen and oxygen atoms in total. The van der Waals surface area contributed by atoms with E-state index in [2.05, 4.69) is 5.32 Å². The Morgan fingerprint density at radius 3 is 2.14 bits per heavy atom. The van der Waals surface area contributed by atoms with Crippen LogP contribution >= 0.6 is 0 Å². The van der Waals surface area contributed by atoms with E-state index >= 15 is 0 Å². The highest BCUT2D eigenvalue weighted by Gasteiger charge is 2.33. The van der Waals surface area contributed by atoms with Gasteiger partial charge in [-0.3, -0.25) is 13.9 Å². The second kappa shape index (κ2) is 12.5. The zero-order chi connectivity index (χ0) is 27.0. The van der Waals surface area contributed by atoms with E-state index in [-0.39, 0.29) is 17.3 Å². The molecule has 0 aliphatic carbocycles. The number of nitrogens with zero attached hydrogens (tertiary/aromatic N) is 2. The van der Waals surface area contributed by atoms with E-state index in [0.29, 0.717) is 18.7 Å². The Morgan fingerprint density at radius 2 is 1.54 bits per heavy atom. The lowest BCUT2D eigenvalue weighted by atomic mass is 10.1. The van der Waals surface area contributed by atoms with Crippen LogP contribution in [0.4, 0.5) is 5.69 Å². The van der Waals surface area contributed by atoms with Crippen molar-refractivity contribution in [1.29, 1.82) is 0 Å². The van der Waals surface area contributed by atoms with Gasteiger partial charge in [0, 0.05) is 13.1 Å². The summed E-state index contributed by atoms with van der Waals surface area (Å²) in [6.07, 6.45) is 0.388. The number of carbonyl (C=O) groups is 2. The molecule has 0 aliphatic rings. The van der Waals surface area contributed by atoms with E-state index in [4.69, 9.17) is 0 Å². The minimum atomic E-state index is -4.05. The van der Waals surface area contributed by atoms with E-state index in [1.807, 2.05) is 52.0 Å². The summed E-state index contributed by atoms with van der Waals surface area (Å²) in [4.78, 5) is 28.4. The van der Waals surface area contributed by atoms with Crippen LogP contribution < -0.4 is 9.62 Å². The third-order valence-electron chi connectivity index (χ3n) is 6.10. The van der Waals surface area contributed by atoms with E-state index in [1.165, 1.54) is 17.0 Å². The highest BCUT2D eigenvalue weighted by molar-refractivity contribution is 7.92. The van der Waals surface area contributed by atoms with Crippen LogP contribution in [0.25, 0.3) is 0 Å². The largest absolute Gasteiger partial charge is 0.355 e. The predicted molar refractivity (Wildman–Crippen MR) is 147 cm³/mol. The van der Waals surface area contributed by atoms with Crippen molar-refractivity contribution in [2.24, 2.45) is 0 Å². The normalized spacial score (nSPS) is 12.0. The van der Waals surface area contributed by atoms with Gasteiger partial charge in [0.2, 0.25) is 11.8 Å². The number of anilines is 1. The fraction of sp³-hybridized carbons (Fsp3) is 0.310. The molecule has 0 bridgehead atoms. The van der Waals surface area contributed by atoms with Crippen molar-refractivity contribution in [3.8, 4) is 0 Å². The number of amides is 2. The maximum Gasteiger partial charge on any atom is 0.264 e. The van der Waals surface area contributed by atoms with Gasteiger partial charge in [0.25, 0.3) is 10.0 Å². The average Bonchev–Trinajstić information content (AvgIpc) is 2.88. The molecule has 8 heteroatoms. The van der Waals surface area contributed by atoms with Gasteiger partial charge < -0.3 is 10.2 Å². The molecule has 37 heavy (non-hydrogen) atoms. The van der Waals surface area contributed by atoms with Crippen LogP contribution in [0.15, 0.2) is 83.8 Å². The van der Waals surface area contributed by atoms with Gasteiger partial charge in [-0.25, -0.2) is 8.42 Å². The summed E-state index contributed by atoms with van der Waals surface area (Å²) in [5.74, 6) is -0.724. The number of hydrogen-bond acceptors (Lipinski definition) is 4. The van der Waals surface area contributed by atoms with E-state index in [9.17, 15) is 18.0 Å². The maximum atomic E-state index is 13.9. The summed E-state index contributed by atoms with van der Waals surface area (Å²) in [5.41, 5.74) is 3.24. The maximum absolute atomic E-state index is 13.9. The predicted octanol–water partition coefficient (Wildman–Crippen LogP) is 4.44. The van der Waals surface area contributed by atoms with Crippen molar-refractivity contribution in [2.45, 2.75) is 51.6 Å². The van der Waals surface area contributed by atoms with Crippen molar-refractivity contribution in [3.63, 3.8) is 0 Å². The first-order valence-corrected chi connectivity index (χ1v) is 13.9. The Kier molecular flexibility index (Phi) is 9.47. The highest BCUT2D eigenvalue weighted by Crippen LogP contribution is 2.25. The Balaban J connectivity index is 2.04. The fourth-order valence-corrected chi connectivity index (χ4v) is 5.61. The molecular weight excluding hydrogens is 486 g/mol. The molecule has 0 aliphatic heterocycles. The summed E-state index contributed by atoms with van der Waals surface area (Å²) in [7, 11) is -4.05. The van der Waals surface area contributed by atoms with Gasteiger partial charge >= 0.3 is 0 Å². The summed E-state index contributed by atoms with van der Waals surface area (Å²) in [5, 5.41) is 2.81. The smallest absolute Gasteiger partial charge is 0.264 e. The lowest BCUT2D eigenvalue weighted by Gasteiger charge is -2.33. The number of hydrogen-bond donors (Lipinski definition) is 1. The van der Waals surface area contributed by atoms with Gasteiger partial charge in [0.05, 0.1) is 10.6 Å². The molecule has 0 radical (unpaired) electrons. The van der Waals surface area contributed by atoms with Gasteiger partial charge in [-0.15, -0.1) is 0 Å². The third-order valence-corrected chi connectivity index (χ3v) is 7.89. The Morgan fingerprint density at radius 1 is 0.865 bits per heavy atom. The van der Waals surface area contributed by atoms with Crippen molar-refractivity contribution < 1.29 is 18.0 Å². The zero-order valence-electron chi connectivity index (χ0n) is 21.8. The lowest BCUT2D eigenvalue weighted by molar-refractivity contribution is -0.140. The number of nitrogens with one attached hydrogen (secondary N) is 1. The molecule has 3 aromatic rings. The Labute approximate surface area is 220 Å². The molecule has 1 N–H and O–H groups in total. The minimum absolute atomic E-state index is 0.0874. The molecule has 0 saturated carbocycles. The summed E-state index contributed by atoms with van der Waals surface area (Å²) in [6, 6.07) is 22.0. The van der Waals surface area contributed by atoms with Gasteiger partial charge in [-0.05, 0) is 57.0 Å². The van der Waals surface area contributed by atoms with Crippen molar-refractivity contribution in [2.75, 3.05) is 17.4 Å². The number of aryl methyl sites for hydroxylation is 2. The van der Waals surface area contributed by atoms with Crippen LogP contribution in [0.1, 0.15) is 37.0 Å². The van der Waals surface area contributed by atoms with Crippen LogP contribution in [0.3, 0.4) is 0 Å². The highest BCUT2D eigenvalue weighted by atomic mass is 32.2. The standard InChI is InChI=1S/C29H35N3O4S/c1-5-27(29(34)30-6-2)31(20-24-12-10-11-23(4)19-24)28(33)21-32(25-17-15-22(3)16-18-25)37(35,36)26-13-8-7-9-14-26/h7-19,27H,5-6,20-21H2,1-4H3,(H,30,34)/t27-/m1/s1. The molecule has 0 fully saturated rings. The average molecular weight is 522 g/mol. The first-order valence-electron chi connectivity index (χ1n) is 12.4. The number of sulfonamides is 1. The summed E-state index contributed by atoms with van der Waals surface area (Å²) in [6.45, 7) is 7.71. The molecule has 0 heterocycles. The van der Waals surface area contributed by atoms with Crippen LogP contribution in [0.5, 0.6) is 0 Å². The lowest BCUT2D eigenvalue weighted by Crippen LogP contribution is -2.52. The second-order valence-electron chi connectivity index (χ2n) is 8.99. The van der Waals surface area contributed by atoms with Gasteiger partial charge in [-0.2, -0.15) is 0 Å². The van der Waals surface area contributed by atoms with E-state index in [0.717, 1.165) is 21.0 Å². The number of likely N-dealkylation sites (N-methyl/N-ethyl adjacent to an activating group) is 1. The number of carbonyl (C=O) groups excluding carboxylic acids is 2. The molecular formula is C29H35N3O4S. The van der Waals surface area contributed by atoms with Gasteiger partial charge in [0.15, 0.2) is 0 Å². The van der Waals surface area contributed by atoms with E-state index in [1.54, 1.807) is 42.5 Å². The zero-order valence-corrected chi connectivity index (χ0v) is 22.7. The van der Waals surface area contributed by atoms with Crippen molar-refractivity contribution >= 4 is 27.5 Å². The fourth-order valence-electron chi connectivity index (χ4n) is 4.18. The SMILES string of the molecule is CCNC(=O)[C@@H](CC)N(Cc1cccc(C)c1)C(=O)CN(c1ccc(C)cc1)S(=O)(=O)c1ccccc1. The minimum Gasteiger partial charge on any atom is -0.355 e. The van der Waals surface area contributed by atoms with Crippen LogP contribution in [0.2, 0.25) is 0 Å². The second-order valence-corrected chi connectivity index (χ2v) is 10.9.